The van der Waals surface area contributed by atoms with Crippen molar-refractivity contribution in [2.24, 2.45) is 0 Å². The van der Waals surface area contributed by atoms with Crippen LogP contribution in [-0.4, -0.2) is 23.4 Å². The van der Waals surface area contributed by atoms with Crippen LogP contribution in [0.3, 0.4) is 0 Å². The standard InChI is InChI=1S/C13H16ClNO2/c14-10-2-1-3-12(16)9(10)7-15-11-6-8-4-5-13(11)17-8/h1-3,8,11,13,15-16H,4-7H2. The smallest absolute Gasteiger partial charge is 0.121 e. The molecule has 0 saturated carbocycles. The van der Waals surface area contributed by atoms with Gasteiger partial charge >= 0.3 is 0 Å². The van der Waals surface area contributed by atoms with E-state index in [1.807, 2.05) is 0 Å². The van der Waals surface area contributed by atoms with E-state index < -0.39 is 0 Å². The molecule has 3 nitrogen and oxygen atoms in total. The lowest BCUT2D eigenvalue weighted by Crippen LogP contribution is -2.37. The number of hydrogen-bond donors (Lipinski definition) is 2. The van der Waals surface area contributed by atoms with Crippen LogP contribution < -0.4 is 5.32 Å². The Morgan fingerprint density at radius 2 is 2.29 bits per heavy atom. The quantitative estimate of drug-likeness (QED) is 0.870. The third-order valence-corrected chi connectivity index (χ3v) is 4.10. The van der Waals surface area contributed by atoms with E-state index in [9.17, 15) is 5.11 Å². The Kier molecular flexibility index (Phi) is 2.99. The minimum Gasteiger partial charge on any atom is -0.508 e. The molecule has 2 N–H and O–H groups in total. The van der Waals surface area contributed by atoms with Gasteiger partial charge in [0.1, 0.15) is 5.75 Å². The third-order valence-electron chi connectivity index (χ3n) is 3.74. The first kappa shape index (κ1) is 11.3. The zero-order valence-corrected chi connectivity index (χ0v) is 10.3. The second kappa shape index (κ2) is 4.48. The lowest BCUT2D eigenvalue weighted by atomic mass is 9.95. The van der Waals surface area contributed by atoms with Gasteiger partial charge in [-0.2, -0.15) is 0 Å². The van der Waals surface area contributed by atoms with Gasteiger partial charge in [0.15, 0.2) is 0 Å². The van der Waals surface area contributed by atoms with Gasteiger partial charge in [0.05, 0.1) is 12.2 Å². The van der Waals surface area contributed by atoms with Crippen LogP contribution in [0.1, 0.15) is 24.8 Å². The summed E-state index contributed by atoms with van der Waals surface area (Å²) in [5.74, 6) is 0.258. The molecule has 2 heterocycles. The predicted octanol–water partition coefficient (Wildman–Crippen LogP) is 2.46. The van der Waals surface area contributed by atoms with Crippen molar-refractivity contribution >= 4 is 11.6 Å². The van der Waals surface area contributed by atoms with Crippen molar-refractivity contribution in [3.63, 3.8) is 0 Å². The molecule has 4 heteroatoms. The molecule has 3 unspecified atom stereocenters. The van der Waals surface area contributed by atoms with Crippen LogP contribution in [0.5, 0.6) is 5.75 Å². The molecule has 2 fully saturated rings. The molecule has 3 rings (SSSR count). The van der Waals surface area contributed by atoms with Gasteiger partial charge in [-0.1, -0.05) is 17.7 Å². The molecule has 0 amide bonds. The number of nitrogens with one attached hydrogen (secondary N) is 1. The van der Waals surface area contributed by atoms with Crippen LogP contribution >= 0.6 is 11.6 Å². The number of fused-ring (bicyclic) bond motifs is 2. The highest BCUT2D eigenvalue weighted by Gasteiger charge is 2.40. The molecule has 3 atom stereocenters. The van der Waals surface area contributed by atoms with Gasteiger partial charge in [0, 0.05) is 23.2 Å². The maximum absolute atomic E-state index is 9.74. The molecule has 0 radical (unpaired) electrons. The molecular formula is C13H16ClNO2. The minimum atomic E-state index is 0.258. The van der Waals surface area contributed by atoms with Crippen molar-refractivity contribution in [2.75, 3.05) is 0 Å². The van der Waals surface area contributed by atoms with Gasteiger partial charge in [0.2, 0.25) is 0 Å². The fraction of sp³-hybridized carbons (Fsp3) is 0.538. The maximum atomic E-state index is 9.74. The highest BCUT2D eigenvalue weighted by Crippen LogP contribution is 2.35. The van der Waals surface area contributed by atoms with Crippen molar-refractivity contribution < 1.29 is 9.84 Å². The highest BCUT2D eigenvalue weighted by molar-refractivity contribution is 6.31. The summed E-state index contributed by atoms with van der Waals surface area (Å²) < 4.78 is 5.78. The number of aromatic hydroxyl groups is 1. The Balaban J connectivity index is 1.64. The number of hydrogen-bond acceptors (Lipinski definition) is 3. The van der Waals surface area contributed by atoms with Crippen molar-refractivity contribution in [3.05, 3.63) is 28.8 Å². The van der Waals surface area contributed by atoms with E-state index in [4.69, 9.17) is 16.3 Å². The molecular weight excluding hydrogens is 238 g/mol. The van der Waals surface area contributed by atoms with E-state index in [2.05, 4.69) is 5.32 Å². The van der Waals surface area contributed by atoms with Gasteiger partial charge in [-0.25, -0.2) is 0 Å². The number of benzene rings is 1. The van der Waals surface area contributed by atoms with Gasteiger partial charge in [-0.05, 0) is 31.4 Å². The summed E-state index contributed by atoms with van der Waals surface area (Å²) in [6.45, 7) is 0.600. The molecule has 2 bridgehead atoms. The lowest BCUT2D eigenvalue weighted by Gasteiger charge is -2.20. The molecule has 17 heavy (non-hydrogen) atoms. The first-order valence-corrected chi connectivity index (χ1v) is 6.47. The Labute approximate surface area is 106 Å². The Hall–Kier alpha value is -0.770. The summed E-state index contributed by atoms with van der Waals surface area (Å²) in [5, 5.41) is 13.8. The summed E-state index contributed by atoms with van der Waals surface area (Å²) in [7, 11) is 0. The summed E-state index contributed by atoms with van der Waals surface area (Å²) in [6.07, 6.45) is 4.22. The fourth-order valence-electron chi connectivity index (χ4n) is 2.81. The molecule has 1 aromatic rings. The van der Waals surface area contributed by atoms with Crippen molar-refractivity contribution in [1.29, 1.82) is 0 Å². The molecule has 0 aliphatic carbocycles. The van der Waals surface area contributed by atoms with Gasteiger partial charge in [0.25, 0.3) is 0 Å². The first-order chi connectivity index (χ1) is 8.24. The van der Waals surface area contributed by atoms with E-state index >= 15 is 0 Å². The predicted molar refractivity (Wildman–Crippen MR) is 66.3 cm³/mol. The zero-order valence-electron chi connectivity index (χ0n) is 9.53. The monoisotopic (exact) mass is 253 g/mol. The van der Waals surface area contributed by atoms with Crippen LogP contribution in [0.4, 0.5) is 0 Å². The van der Waals surface area contributed by atoms with Crippen molar-refractivity contribution in [1.82, 2.24) is 5.32 Å². The van der Waals surface area contributed by atoms with Crippen LogP contribution in [0.15, 0.2) is 18.2 Å². The highest BCUT2D eigenvalue weighted by atomic mass is 35.5. The number of rotatable bonds is 3. The van der Waals surface area contributed by atoms with Gasteiger partial charge in [-0.3, -0.25) is 0 Å². The second-order valence-corrected chi connectivity index (χ2v) is 5.24. The molecule has 2 aliphatic rings. The molecule has 2 saturated heterocycles. The van der Waals surface area contributed by atoms with E-state index in [1.54, 1.807) is 18.2 Å². The number of ether oxygens (including phenoxy) is 1. The third kappa shape index (κ3) is 2.15. The Morgan fingerprint density at radius 1 is 1.41 bits per heavy atom. The van der Waals surface area contributed by atoms with E-state index in [0.29, 0.717) is 29.8 Å². The maximum Gasteiger partial charge on any atom is 0.121 e. The molecule has 92 valence electrons. The van der Waals surface area contributed by atoms with Crippen molar-refractivity contribution in [3.8, 4) is 5.75 Å². The average Bonchev–Trinajstić information content (AvgIpc) is 2.90. The lowest BCUT2D eigenvalue weighted by molar-refractivity contribution is 0.0972. The molecule has 2 aliphatic heterocycles. The summed E-state index contributed by atoms with van der Waals surface area (Å²) in [4.78, 5) is 0. The van der Waals surface area contributed by atoms with E-state index in [0.717, 1.165) is 18.4 Å². The molecule has 0 aromatic heterocycles. The second-order valence-electron chi connectivity index (χ2n) is 4.83. The Morgan fingerprint density at radius 3 is 2.94 bits per heavy atom. The summed E-state index contributed by atoms with van der Waals surface area (Å²) in [6, 6.07) is 5.63. The van der Waals surface area contributed by atoms with Crippen LogP contribution in [0, 0.1) is 0 Å². The van der Waals surface area contributed by atoms with Crippen LogP contribution in [0.2, 0.25) is 5.02 Å². The molecule has 1 aromatic carbocycles. The van der Waals surface area contributed by atoms with Crippen LogP contribution in [-0.2, 0) is 11.3 Å². The number of phenolic OH excluding ortho intramolecular Hbond substituents is 1. The first-order valence-electron chi connectivity index (χ1n) is 6.09. The van der Waals surface area contributed by atoms with E-state index in [-0.39, 0.29) is 5.75 Å². The number of phenols is 1. The van der Waals surface area contributed by atoms with Crippen molar-refractivity contribution in [2.45, 2.75) is 44.1 Å². The average molecular weight is 254 g/mol. The van der Waals surface area contributed by atoms with Crippen LogP contribution in [0.25, 0.3) is 0 Å². The largest absolute Gasteiger partial charge is 0.508 e. The summed E-state index contributed by atoms with van der Waals surface area (Å²) in [5.41, 5.74) is 0.775. The summed E-state index contributed by atoms with van der Waals surface area (Å²) >= 11 is 6.06. The Bertz CT molecular complexity index is 404. The SMILES string of the molecule is Oc1cccc(Cl)c1CNC1CC2CCC1O2. The van der Waals surface area contributed by atoms with Gasteiger partial charge in [-0.15, -0.1) is 0 Å². The molecule has 0 spiro atoms. The van der Waals surface area contributed by atoms with E-state index in [1.165, 1.54) is 6.42 Å². The fourth-order valence-corrected chi connectivity index (χ4v) is 3.04. The minimum absolute atomic E-state index is 0.258. The number of halogens is 1. The normalized spacial score (nSPS) is 31.0. The van der Waals surface area contributed by atoms with Gasteiger partial charge < -0.3 is 15.2 Å². The zero-order chi connectivity index (χ0) is 11.8. The topological polar surface area (TPSA) is 41.5 Å².